The van der Waals surface area contributed by atoms with Crippen molar-refractivity contribution in [3.8, 4) is 0 Å². The number of dihydropyridines is 1. The van der Waals surface area contributed by atoms with E-state index in [1.54, 1.807) is 0 Å². The number of fused-ring (bicyclic) bond motifs is 1. The van der Waals surface area contributed by atoms with Crippen LogP contribution in [0.2, 0.25) is 0 Å². The minimum atomic E-state index is 0.162. The number of aliphatic imine (C=N–C) groups is 1. The van der Waals surface area contributed by atoms with E-state index in [1.807, 2.05) is 24.4 Å². The van der Waals surface area contributed by atoms with Crippen molar-refractivity contribution in [1.29, 1.82) is 0 Å². The van der Waals surface area contributed by atoms with Gasteiger partial charge in [-0.1, -0.05) is 0 Å². The molecule has 0 aliphatic carbocycles. The Morgan fingerprint density at radius 2 is 2.70 bits per heavy atom. The van der Waals surface area contributed by atoms with Crippen molar-refractivity contribution in [3.05, 3.63) is 29.5 Å². The Bertz CT molecular complexity index is 254. The maximum atomic E-state index is 4.21. The zero-order valence-corrected chi connectivity index (χ0v) is 5.54. The van der Waals surface area contributed by atoms with Crippen LogP contribution >= 0.6 is 0 Å². The fraction of sp³-hybridized carbons (Fsp3) is 0.250. The molecule has 0 bridgehead atoms. The van der Waals surface area contributed by atoms with Crippen LogP contribution in [-0.2, 0) is 0 Å². The van der Waals surface area contributed by atoms with Gasteiger partial charge in [-0.25, -0.2) is 0 Å². The van der Waals surface area contributed by atoms with Crippen LogP contribution in [0.25, 0.3) is 0 Å². The summed E-state index contributed by atoms with van der Waals surface area (Å²) in [4.78, 5) is 4.21. The first-order valence-corrected chi connectivity index (χ1v) is 3.35. The summed E-state index contributed by atoms with van der Waals surface area (Å²) in [5, 5.41) is 3.22. The summed E-state index contributed by atoms with van der Waals surface area (Å²) in [6.45, 7) is 0.874. The van der Waals surface area contributed by atoms with Gasteiger partial charge in [0.05, 0.1) is 0 Å². The lowest BCUT2D eigenvalue weighted by Crippen LogP contribution is -2.31. The standard InChI is InChI=1S/C8H8N2/c1-3-7-4-2-6-10-8(7)9-5-1/h1-3,5,8,10H,6H2. The molecule has 1 atom stereocenters. The predicted octanol–water partition coefficient (Wildman–Crippen LogP) is 0.638. The Labute approximate surface area is 59.7 Å². The molecule has 0 aromatic heterocycles. The van der Waals surface area contributed by atoms with Gasteiger partial charge in [0, 0.05) is 18.3 Å². The Balaban J connectivity index is 2.41. The molecule has 0 amide bonds. The zero-order valence-electron chi connectivity index (χ0n) is 5.54. The molecule has 2 heterocycles. The van der Waals surface area contributed by atoms with E-state index < -0.39 is 0 Å². The summed E-state index contributed by atoms with van der Waals surface area (Å²) in [5.41, 5.74) is 4.28. The third-order valence-corrected chi connectivity index (χ3v) is 1.57. The van der Waals surface area contributed by atoms with Gasteiger partial charge in [0.2, 0.25) is 0 Å². The maximum Gasteiger partial charge on any atom is 0.132 e. The quantitative estimate of drug-likeness (QED) is 0.480. The minimum absolute atomic E-state index is 0.162. The summed E-state index contributed by atoms with van der Waals surface area (Å²) in [5.74, 6) is 0. The number of hydrogen-bond donors (Lipinski definition) is 1. The highest BCUT2D eigenvalue weighted by Gasteiger charge is 2.11. The van der Waals surface area contributed by atoms with Crippen LogP contribution in [0.4, 0.5) is 0 Å². The Morgan fingerprint density at radius 1 is 1.70 bits per heavy atom. The predicted molar refractivity (Wildman–Crippen MR) is 41.0 cm³/mol. The van der Waals surface area contributed by atoms with Crippen LogP contribution in [0.3, 0.4) is 0 Å². The fourth-order valence-corrected chi connectivity index (χ4v) is 1.08. The molecule has 0 aromatic rings. The smallest absolute Gasteiger partial charge is 0.132 e. The lowest BCUT2D eigenvalue weighted by molar-refractivity contribution is 0.632. The van der Waals surface area contributed by atoms with Crippen molar-refractivity contribution in [2.45, 2.75) is 6.17 Å². The number of rotatable bonds is 0. The van der Waals surface area contributed by atoms with Crippen molar-refractivity contribution < 1.29 is 0 Å². The lowest BCUT2D eigenvalue weighted by Gasteiger charge is -2.17. The molecule has 2 heteroatoms. The fourth-order valence-electron chi connectivity index (χ4n) is 1.08. The van der Waals surface area contributed by atoms with Gasteiger partial charge in [0.25, 0.3) is 0 Å². The molecule has 0 saturated carbocycles. The molecule has 50 valence electrons. The highest BCUT2D eigenvalue weighted by Crippen LogP contribution is 2.09. The zero-order chi connectivity index (χ0) is 6.81. The molecule has 2 nitrogen and oxygen atoms in total. The van der Waals surface area contributed by atoms with Crippen LogP contribution in [0.15, 0.2) is 34.5 Å². The van der Waals surface area contributed by atoms with E-state index in [9.17, 15) is 0 Å². The topological polar surface area (TPSA) is 24.4 Å². The van der Waals surface area contributed by atoms with Crippen LogP contribution < -0.4 is 5.32 Å². The van der Waals surface area contributed by atoms with Crippen molar-refractivity contribution in [2.75, 3.05) is 6.54 Å². The Morgan fingerprint density at radius 3 is 3.60 bits per heavy atom. The molecule has 0 saturated heterocycles. The van der Waals surface area contributed by atoms with E-state index in [-0.39, 0.29) is 6.17 Å². The van der Waals surface area contributed by atoms with Gasteiger partial charge in [-0.05, 0) is 18.2 Å². The maximum absolute atomic E-state index is 4.21. The van der Waals surface area contributed by atoms with E-state index in [4.69, 9.17) is 0 Å². The molecule has 2 rings (SSSR count). The first-order valence-electron chi connectivity index (χ1n) is 3.35. The minimum Gasteiger partial charge on any atom is -0.287 e. The lowest BCUT2D eigenvalue weighted by atomic mass is 10.1. The average molecular weight is 132 g/mol. The molecular formula is C8H8N2. The summed E-state index contributed by atoms with van der Waals surface area (Å²) in [6.07, 6.45) is 7.92. The van der Waals surface area contributed by atoms with Gasteiger partial charge < -0.3 is 0 Å². The van der Waals surface area contributed by atoms with Gasteiger partial charge in [-0.15, -0.1) is 5.73 Å². The first kappa shape index (κ1) is 5.66. The Hall–Kier alpha value is -1.11. The first-order chi connectivity index (χ1) is 4.97. The number of hydrogen-bond acceptors (Lipinski definition) is 2. The van der Waals surface area contributed by atoms with Gasteiger partial charge in [0.1, 0.15) is 6.17 Å². The normalized spacial score (nSPS) is 28.0. The molecule has 2 aliphatic heterocycles. The highest BCUT2D eigenvalue weighted by molar-refractivity contribution is 5.74. The second-order valence-corrected chi connectivity index (χ2v) is 2.27. The third kappa shape index (κ3) is 0.838. The van der Waals surface area contributed by atoms with E-state index in [0.29, 0.717) is 0 Å². The van der Waals surface area contributed by atoms with Crippen molar-refractivity contribution in [1.82, 2.24) is 5.32 Å². The summed E-state index contributed by atoms with van der Waals surface area (Å²) < 4.78 is 0. The van der Waals surface area contributed by atoms with Crippen molar-refractivity contribution in [2.24, 2.45) is 4.99 Å². The monoisotopic (exact) mass is 132 g/mol. The van der Waals surface area contributed by atoms with Gasteiger partial charge in [0.15, 0.2) is 0 Å². The summed E-state index contributed by atoms with van der Waals surface area (Å²) in [7, 11) is 0. The van der Waals surface area contributed by atoms with Gasteiger partial charge in [-0.3, -0.25) is 10.3 Å². The van der Waals surface area contributed by atoms with E-state index in [0.717, 1.165) is 12.1 Å². The molecule has 10 heavy (non-hydrogen) atoms. The molecular weight excluding hydrogens is 124 g/mol. The highest BCUT2D eigenvalue weighted by atomic mass is 15.1. The van der Waals surface area contributed by atoms with Gasteiger partial charge >= 0.3 is 0 Å². The SMILES string of the molecule is C1=CCNC2N=CC=CC=12. The van der Waals surface area contributed by atoms with Crippen molar-refractivity contribution in [3.63, 3.8) is 0 Å². The van der Waals surface area contributed by atoms with E-state index >= 15 is 0 Å². The average Bonchev–Trinajstić information content (AvgIpc) is 2.05. The molecule has 0 spiro atoms. The molecule has 1 unspecified atom stereocenters. The summed E-state index contributed by atoms with van der Waals surface area (Å²) in [6, 6.07) is 0. The second kappa shape index (κ2) is 2.25. The van der Waals surface area contributed by atoms with Crippen LogP contribution in [0, 0.1) is 0 Å². The Kier molecular flexibility index (Phi) is 1.28. The second-order valence-electron chi connectivity index (χ2n) is 2.27. The van der Waals surface area contributed by atoms with Crippen molar-refractivity contribution >= 4 is 6.21 Å². The van der Waals surface area contributed by atoms with Crippen LogP contribution in [0.5, 0.6) is 0 Å². The van der Waals surface area contributed by atoms with Gasteiger partial charge in [-0.2, -0.15) is 0 Å². The number of allylic oxidation sites excluding steroid dienone is 1. The largest absolute Gasteiger partial charge is 0.287 e. The van der Waals surface area contributed by atoms with Crippen LogP contribution in [0.1, 0.15) is 0 Å². The molecule has 0 fully saturated rings. The summed E-state index contributed by atoms with van der Waals surface area (Å²) >= 11 is 0. The molecule has 0 aromatic carbocycles. The van der Waals surface area contributed by atoms with E-state index in [1.165, 1.54) is 0 Å². The van der Waals surface area contributed by atoms with Crippen LogP contribution in [-0.4, -0.2) is 18.9 Å². The number of nitrogens with one attached hydrogen (secondary N) is 1. The third-order valence-electron chi connectivity index (χ3n) is 1.57. The molecule has 1 N–H and O–H groups in total. The van der Waals surface area contributed by atoms with E-state index in [2.05, 4.69) is 16.0 Å². The molecule has 2 aliphatic rings. The number of nitrogens with zero attached hydrogens (tertiary/aromatic N) is 1. The molecule has 0 radical (unpaired) electrons.